The predicted octanol–water partition coefficient (Wildman–Crippen LogP) is 6.66. The summed E-state index contributed by atoms with van der Waals surface area (Å²) in [5.41, 5.74) is 4.52. The molecule has 1 N–H and O–H groups in total. The number of nitrogens with one attached hydrogen (secondary N) is 1. The van der Waals surface area contributed by atoms with Gasteiger partial charge in [-0.1, -0.05) is 55.2 Å². The molecule has 1 aliphatic carbocycles. The van der Waals surface area contributed by atoms with E-state index >= 15 is 0 Å². The maximum atomic E-state index is 13.5. The van der Waals surface area contributed by atoms with Gasteiger partial charge in [-0.3, -0.25) is 4.79 Å². The number of rotatable bonds is 9. The third-order valence-corrected chi connectivity index (χ3v) is 9.40. The van der Waals surface area contributed by atoms with Crippen LogP contribution in [-0.2, 0) is 10.0 Å². The average Bonchev–Trinajstić information content (AvgIpc) is 3.67. The zero-order chi connectivity index (χ0) is 27.2. The molecule has 1 aliphatic rings. The van der Waals surface area contributed by atoms with Gasteiger partial charge >= 0.3 is 0 Å². The Hall–Kier alpha value is -2.65. The number of halogens is 2. The zero-order valence-electron chi connectivity index (χ0n) is 21.6. The Bertz CT molecular complexity index is 1670. The van der Waals surface area contributed by atoms with Gasteiger partial charge in [-0.05, 0) is 62.4 Å². The van der Waals surface area contributed by atoms with Gasteiger partial charge in [-0.25, -0.2) is 8.42 Å². The minimum absolute atomic E-state index is 0.234. The van der Waals surface area contributed by atoms with E-state index in [4.69, 9.17) is 28.3 Å². The molecule has 0 bridgehead atoms. The Morgan fingerprint density at radius 2 is 1.71 bits per heavy atom. The van der Waals surface area contributed by atoms with Crippen LogP contribution in [0.2, 0.25) is 10.0 Å². The predicted molar refractivity (Wildman–Crippen MR) is 153 cm³/mol. The summed E-state index contributed by atoms with van der Waals surface area (Å²) in [5.74, 6) is 0.270. The molecule has 7 nitrogen and oxygen atoms in total. The number of fused-ring (bicyclic) bond motifs is 1. The Morgan fingerprint density at radius 1 is 1.05 bits per heavy atom. The number of nitrogens with zero attached hydrogens (tertiary/aromatic N) is 3. The first-order valence-electron chi connectivity index (χ1n) is 12.9. The number of H-pyrrole nitrogens is 1. The highest BCUT2D eigenvalue weighted by Crippen LogP contribution is 2.46. The van der Waals surface area contributed by atoms with Gasteiger partial charge in [0.05, 0.1) is 21.3 Å². The minimum atomic E-state index is -3.61. The van der Waals surface area contributed by atoms with Gasteiger partial charge in [-0.2, -0.15) is 13.9 Å². The highest BCUT2D eigenvalue weighted by atomic mass is 35.5. The van der Waals surface area contributed by atoms with Crippen LogP contribution in [0.5, 0.6) is 0 Å². The van der Waals surface area contributed by atoms with Gasteiger partial charge in [0.2, 0.25) is 10.0 Å². The second-order valence-corrected chi connectivity index (χ2v) is 12.6. The molecule has 0 atom stereocenters. The van der Waals surface area contributed by atoms with Crippen LogP contribution in [0.3, 0.4) is 0 Å². The van der Waals surface area contributed by atoms with Crippen molar-refractivity contribution >= 4 is 38.9 Å². The van der Waals surface area contributed by atoms with E-state index in [1.165, 1.54) is 8.82 Å². The molecule has 5 rings (SSSR count). The van der Waals surface area contributed by atoms with Crippen molar-refractivity contribution in [1.29, 1.82) is 0 Å². The Kier molecular flexibility index (Phi) is 7.44. The van der Waals surface area contributed by atoms with Gasteiger partial charge in [0.1, 0.15) is 5.65 Å². The standard InChI is InChI=1S/C28H30Cl2N4O3S/c1-4-14-33(15-5-2)38(36,37)21-11-8-18(9-12-21)25-17(3)28(35)34-27(31-25)24(26(32-34)19-6-7-19)22-13-10-20(29)16-23(22)30/h8-13,16,19,31H,4-7,14-15H2,1-3H3. The second-order valence-electron chi connectivity index (χ2n) is 9.78. The normalized spacial score (nSPS) is 14.1. The summed E-state index contributed by atoms with van der Waals surface area (Å²) < 4.78 is 29.4. The van der Waals surface area contributed by atoms with Crippen LogP contribution in [-0.4, -0.2) is 40.4 Å². The molecule has 0 saturated heterocycles. The van der Waals surface area contributed by atoms with Crippen molar-refractivity contribution in [3.8, 4) is 22.4 Å². The van der Waals surface area contributed by atoms with Crippen LogP contribution < -0.4 is 5.56 Å². The van der Waals surface area contributed by atoms with Crippen LogP contribution in [0.4, 0.5) is 0 Å². The molecule has 0 spiro atoms. The van der Waals surface area contributed by atoms with E-state index in [2.05, 4.69) is 4.98 Å². The van der Waals surface area contributed by atoms with Gasteiger partial charge < -0.3 is 4.98 Å². The van der Waals surface area contributed by atoms with Crippen molar-refractivity contribution in [2.45, 2.75) is 57.3 Å². The monoisotopic (exact) mass is 572 g/mol. The number of sulfonamides is 1. The van der Waals surface area contributed by atoms with Crippen molar-refractivity contribution in [1.82, 2.24) is 18.9 Å². The van der Waals surface area contributed by atoms with Crippen LogP contribution in [0.15, 0.2) is 52.2 Å². The maximum Gasteiger partial charge on any atom is 0.277 e. The summed E-state index contributed by atoms with van der Waals surface area (Å²) in [6.45, 7) is 6.62. The number of aromatic nitrogens is 3. The smallest absolute Gasteiger partial charge is 0.277 e. The average molecular weight is 574 g/mol. The van der Waals surface area contributed by atoms with Crippen LogP contribution >= 0.6 is 23.2 Å². The molecule has 0 aliphatic heterocycles. The fraction of sp³-hybridized carbons (Fsp3) is 0.357. The Morgan fingerprint density at radius 3 is 2.29 bits per heavy atom. The Labute approximate surface area is 232 Å². The lowest BCUT2D eigenvalue weighted by Crippen LogP contribution is -2.32. The zero-order valence-corrected chi connectivity index (χ0v) is 23.9. The molecule has 1 saturated carbocycles. The summed E-state index contributed by atoms with van der Waals surface area (Å²) in [5, 5.41) is 5.72. The second kappa shape index (κ2) is 10.5. The van der Waals surface area contributed by atoms with Crippen LogP contribution in [0.1, 0.15) is 56.7 Å². The lowest BCUT2D eigenvalue weighted by molar-refractivity contribution is 0.410. The summed E-state index contributed by atoms with van der Waals surface area (Å²) in [7, 11) is -3.61. The molecule has 200 valence electrons. The first-order valence-corrected chi connectivity index (χ1v) is 15.1. The first kappa shape index (κ1) is 26.9. The Balaban J connectivity index is 1.64. The number of benzene rings is 2. The molecule has 38 heavy (non-hydrogen) atoms. The third-order valence-electron chi connectivity index (χ3n) is 6.94. The number of hydrogen-bond donors (Lipinski definition) is 1. The van der Waals surface area contributed by atoms with E-state index in [0.29, 0.717) is 45.6 Å². The van der Waals surface area contributed by atoms with Crippen LogP contribution in [0.25, 0.3) is 28.0 Å². The minimum Gasteiger partial charge on any atom is -0.339 e. The highest BCUT2D eigenvalue weighted by Gasteiger charge is 2.33. The van der Waals surface area contributed by atoms with E-state index in [-0.39, 0.29) is 16.4 Å². The van der Waals surface area contributed by atoms with E-state index in [1.807, 2.05) is 19.9 Å². The molecule has 2 aromatic heterocycles. The summed E-state index contributed by atoms with van der Waals surface area (Å²) in [6.07, 6.45) is 3.49. The summed E-state index contributed by atoms with van der Waals surface area (Å²) in [6, 6.07) is 12.0. The van der Waals surface area contributed by atoms with Crippen molar-refractivity contribution < 1.29 is 8.42 Å². The molecule has 2 aromatic carbocycles. The van der Waals surface area contributed by atoms with E-state index < -0.39 is 10.0 Å². The van der Waals surface area contributed by atoms with Crippen LogP contribution in [0, 0.1) is 6.92 Å². The highest BCUT2D eigenvalue weighted by molar-refractivity contribution is 7.89. The number of aromatic amines is 1. The fourth-order valence-corrected chi connectivity index (χ4v) is 6.98. The van der Waals surface area contributed by atoms with Gasteiger partial charge in [0, 0.05) is 40.7 Å². The summed E-state index contributed by atoms with van der Waals surface area (Å²) >= 11 is 12.8. The molecule has 2 heterocycles. The maximum absolute atomic E-state index is 13.5. The molecule has 0 radical (unpaired) electrons. The van der Waals surface area contributed by atoms with E-state index in [0.717, 1.165) is 42.5 Å². The van der Waals surface area contributed by atoms with Gasteiger partial charge in [-0.15, -0.1) is 0 Å². The fourth-order valence-electron chi connectivity index (χ4n) is 4.86. The van der Waals surface area contributed by atoms with E-state index in [1.54, 1.807) is 43.3 Å². The first-order chi connectivity index (χ1) is 18.2. The quantitative estimate of drug-likeness (QED) is 0.243. The number of hydrogen-bond acceptors (Lipinski definition) is 4. The van der Waals surface area contributed by atoms with Crippen molar-refractivity contribution in [3.63, 3.8) is 0 Å². The van der Waals surface area contributed by atoms with Crippen molar-refractivity contribution in [2.24, 2.45) is 0 Å². The van der Waals surface area contributed by atoms with Gasteiger partial charge in [0.25, 0.3) is 5.56 Å². The molecular formula is C28H30Cl2N4O3S. The molecule has 0 amide bonds. The van der Waals surface area contributed by atoms with Crippen molar-refractivity contribution in [2.75, 3.05) is 13.1 Å². The molecular weight excluding hydrogens is 543 g/mol. The lowest BCUT2D eigenvalue weighted by Gasteiger charge is -2.21. The topological polar surface area (TPSA) is 87.5 Å². The van der Waals surface area contributed by atoms with E-state index in [9.17, 15) is 13.2 Å². The van der Waals surface area contributed by atoms with Gasteiger partial charge in [0.15, 0.2) is 0 Å². The molecule has 1 fully saturated rings. The van der Waals surface area contributed by atoms with Crippen molar-refractivity contribution in [3.05, 3.63) is 74.1 Å². The SMILES string of the molecule is CCCN(CCC)S(=O)(=O)c1ccc(-c2[nH]c3c(-c4ccc(Cl)cc4Cl)c(C4CC4)nn3c(=O)c2C)cc1. The largest absolute Gasteiger partial charge is 0.339 e. The molecule has 4 aromatic rings. The molecule has 0 unspecified atom stereocenters. The molecule has 10 heteroatoms. The summed E-state index contributed by atoms with van der Waals surface area (Å²) in [4.78, 5) is 17.2. The third kappa shape index (κ3) is 4.79. The lowest BCUT2D eigenvalue weighted by atomic mass is 10.0.